The summed E-state index contributed by atoms with van der Waals surface area (Å²) in [5.74, 6) is 0.531. The van der Waals surface area contributed by atoms with Crippen LogP contribution in [0.5, 0.6) is 0 Å². The predicted molar refractivity (Wildman–Crippen MR) is 71.5 cm³/mol. The van der Waals surface area contributed by atoms with Gasteiger partial charge in [0.05, 0.1) is 9.40 Å². The Morgan fingerprint density at radius 2 is 2.00 bits per heavy atom. The molecule has 0 spiro atoms. The highest BCUT2D eigenvalue weighted by molar-refractivity contribution is 9.10. The zero-order valence-corrected chi connectivity index (χ0v) is 11.4. The number of aryl methyl sites for hydroxylation is 2. The minimum atomic E-state index is -0.478. The van der Waals surface area contributed by atoms with Gasteiger partial charge in [-0.25, -0.2) is 4.98 Å². The van der Waals surface area contributed by atoms with Gasteiger partial charge in [0.25, 0.3) is 5.69 Å². The number of anilines is 1. The van der Waals surface area contributed by atoms with E-state index in [0.717, 1.165) is 11.4 Å². The zero-order valence-electron chi connectivity index (χ0n) is 9.85. The van der Waals surface area contributed by atoms with Crippen molar-refractivity contribution in [1.29, 1.82) is 0 Å². The van der Waals surface area contributed by atoms with Gasteiger partial charge in [-0.05, 0) is 41.9 Å². The van der Waals surface area contributed by atoms with Gasteiger partial charge >= 0.3 is 0 Å². The first-order valence-electron chi connectivity index (χ1n) is 5.21. The molecule has 6 nitrogen and oxygen atoms in total. The number of halogens is 1. The van der Waals surface area contributed by atoms with Gasteiger partial charge in [-0.15, -0.1) is 0 Å². The van der Waals surface area contributed by atoms with Crippen LogP contribution in [0.25, 0.3) is 0 Å². The molecule has 0 saturated heterocycles. The highest BCUT2D eigenvalue weighted by Crippen LogP contribution is 2.25. The van der Waals surface area contributed by atoms with Gasteiger partial charge in [0.2, 0.25) is 0 Å². The van der Waals surface area contributed by atoms with Gasteiger partial charge in [-0.3, -0.25) is 20.2 Å². The molecular formula is C11H11BrN4O2. The predicted octanol–water partition coefficient (Wildman–Crippen LogP) is 3.05. The Kier molecular flexibility index (Phi) is 3.33. The van der Waals surface area contributed by atoms with Crippen LogP contribution in [0.4, 0.5) is 11.5 Å². The highest BCUT2D eigenvalue weighted by atomic mass is 79.9. The molecule has 2 aromatic rings. The molecule has 1 N–H and O–H groups in total. The smallest absolute Gasteiger partial charge is 0.277 e. The summed E-state index contributed by atoms with van der Waals surface area (Å²) in [5.41, 5.74) is 5.10. The molecule has 0 saturated carbocycles. The summed E-state index contributed by atoms with van der Waals surface area (Å²) in [7, 11) is 0. The van der Waals surface area contributed by atoms with E-state index in [2.05, 4.69) is 26.3 Å². The van der Waals surface area contributed by atoms with Gasteiger partial charge in [0, 0.05) is 17.5 Å². The standard InChI is InChI=1S/C11H11BrN4O2/c1-7-3-4-8(2)15(7)14-11-10(12)5-9(6-13-11)16(17)18/h3-6H,1-2H3,(H,13,14). The lowest BCUT2D eigenvalue weighted by molar-refractivity contribution is -0.385. The number of hydrogen-bond acceptors (Lipinski definition) is 4. The van der Waals surface area contributed by atoms with E-state index in [0.29, 0.717) is 10.3 Å². The van der Waals surface area contributed by atoms with Crippen LogP contribution in [0.1, 0.15) is 11.4 Å². The summed E-state index contributed by atoms with van der Waals surface area (Å²) in [4.78, 5) is 14.2. The van der Waals surface area contributed by atoms with Crippen LogP contribution in [0.2, 0.25) is 0 Å². The summed E-state index contributed by atoms with van der Waals surface area (Å²) >= 11 is 3.27. The van der Waals surface area contributed by atoms with Gasteiger partial charge in [-0.1, -0.05) is 0 Å². The lowest BCUT2D eigenvalue weighted by atomic mass is 10.4. The number of nitrogens with one attached hydrogen (secondary N) is 1. The van der Waals surface area contributed by atoms with E-state index in [1.54, 1.807) is 0 Å². The third kappa shape index (κ3) is 2.35. The molecular weight excluding hydrogens is 300 g/mol. The lowest BCUT2D eigenvalue weighted by Crippen LogP contribution is -2.13. The van der Waals surface area contributed by atoms with Crippen molar-refractivity contribution < 1.29 is 4.92 Å². The molecule has 18 heavy (non-hydrogen) atoms. The Hall–Kier alpha value is -1.89. The van der Waals surface area contributed by atoms with Crippen LogP contribution in [-0.4, -0.2) is 14.6 Å². The average molecular weight is 311 g/mol. The van der Waals surface area contributed by atoms with Gasteiger partial charge in [0.1, 0.15) is 6.20 Å². The normalized spacial score (nSPS) is 10.4. The summed E-state index contributed by atoms with van der Waals surface area (Å²) in [5, 5.41) is 10.6. The molecule has 0 unspecified atom stereocenters. The average Bonchev–Trinajstić information content (AvgIpc) is 2.63. The van der Waals surface area contributed by atoms with E-state index in [9.17, 15) is 10.1 Å². The third-order valence-corrected chi connectivity index (χ3v) is 3.13. The van der Waals surface area contributed by atoms with Crippen LogP contribution >= 0.6 is 15.9 Å². The second-order valence-corrected chi connectivity index (χ2v) is 4.70. The van der Waals surface area contributed by atoms with Crippen LogP contribution < -0.4 is 5.43 Å². The molecule has 94 valence electrons. The fourth-order valence-electron chi connectivity index (χ4n) is 1.56. The maximum Gasteiger partial charge on any atom is 0.288 e. The van der Waals surface area contributed by atoms with E-state index in [4.69, 9.17) is 0 Å². The fraction of sp³-hybridized carbons (Fsp3) is 0.182. The van der Waals surface area contributed by atoms with E-state index in [1.165, 1.54) is 12.3 Å². The Morgan fingerprint density at radius 3 is 2.50 bits per heavy atom. The Bertz CT molecular complexity index is 590. The first kappa shape index (κ1) is 12.6. The minimum absolute atomic E-state index is 0.0478. The Labute approximate surface area is 112 Å². The number of rotatable bonds is 3. The molecule has 0 radical (unpaired) electrons. The van der Waals surface area contributed by atoms with Gasteiger partial charge < -0.3 is 0 Å². The number of nitro groups is 1. The number of hydrogen-bond donors (Lipinski definition) is 1. The van der Waals surface area contributed by atoms with Crippen molar-refractivity contribution in [1.82, 2.24) is 9.66 Å². The van der Waals surface area contributed by atoms with E-state index < -0.39 is 4.92 Å². The van der Waals surface area contributed by atoms with E-state index in [1.807, 2.05) is 30.7 Å². The maximum atomic E-state index is 10.6. The number of nitrogens with zero attached hydrogens (tertiary/aromatic N) is 3. The van der Waals surface area contributed by atoms with Crippen LogP contribution in [0, 0.1) is 24.0 Å². The number of pyridine rings is 1. The van der Waals surface area contributed by atoms with Crippen molar-refractivity contribution in [2.45, 2.75) is 13.8 Å². The minimum Gasteiger partial charge on any atom is -0.277 e. The SMILES string of the molecule is Cc1ccc(C)n1Nc1ncc([N+](=O)[O-])cc1Br. The molecule has 0 aliphatic rings. The second kappa shape index (κ2) is 4.77. The molecule has 2 heterocycles. The molecule has 0 aliphatic carbocycles. The largest absolute Gasteiger partial charge is 0.288 e. The summed E-state index contributed by atoms with van der Waals surface area (Å²) < 4.78 is 2.41. The van der Waals surface area contributed by atoms with Crippen molar-refractivity contribution in [3.63, 3.8) is 0 Å². The molecule has 0 aromatic carbocycles. The molecule has 2 aromatic heterocycles. The molecule has 0 bridgehead atoms. The topological polar surface area (TPSA) is 73.0 Å². The van der Waals surface area contributed by atoms with Crippen molar-refractivity contribution in [3.8, 4) is 0 Å². The first-order chi connectivity index (χ1) is 8.49. The Morgan fingerprint density at radius 1 is 1.39 bits per heavy atom. The molecule has 0 fully saturated rings. The van der Waals surface area contributed by atoms with Crippen LogP contribution in [0.3, 0.4) is 0 Å². The zero-order chi connectivity index (χ0) is 13.3. The summed E-state index contributed by atoms with van der Waals surface area (Å²) in [6.45, 7) is 3.92. The van der Waals surface area contributed by atoms with Crippen LogP contribution in [0.15, 0.2) is 28.9 Å². The van der Waals surface area contributed by atoms with Crippen molar-refractivity contribution in [2.75, 3.05) is 5.43 Å². The van der Waals surface area contributed by atoms with E-state index >= 15 is 0 Å². The van der Waals surface area contributed by atoms with Gasteiger partial charge in [-0.2, -0.15) is 0 Å². The first-order valence-corrected chi connectivity index (χ1v) is 6.00. The second-order valence-electron chi connectivity index (χ2n) is 3.84. The molecule has 0 aliphatic heterocycles. The maximum absolute atomic E-state index is 10.6. The molecule has 2 rings (SSSR count). The monoisotopic (exact) mass is 310 g/mol. The lowest BCUT2D eigenvalue weighted by Gasteiger charge is -2.12. The molecule has 0 atom stereocenters. The number of aromatic nitrogens is 2. The Balaban J connectivity index is 2.33. The summed E-state index contributed by atoms with van der Waals surface area (Å²) in [6, 6.07) is 5.37. The van der Waals surface area contributed by atoms with Crippen molar-refractivity contribution >= 4 is 27.4 Å². The third-order valence-electron chi connectivity index (χ3n) is 2.53. The molecule has 7 heteroatoms. The quantitative estimate of drug-likeness (QED) is 0.698. The van der Waals surface area contributed by atoms with Crippen LogP contribution in [-0.2, 0) is 0 Å². The van der Waals surface area contributed by atoms with Gasteiger partial charge in [0.15, 0.2) is 5.82 Å². The van der Waals surface area contributed by atoms with Crippen molar-refractivity contribution in [3.05, 3.63) is 50.4 Å². The van der Waals surface area contributed by atoms with E-state index in [-0.39, 0.29) is 5.69 Å². The highest BCUT2D eigenvalue weighted by Gasteiger charge is 2.11. The molecule has 0 amide bonds. The fourth-order valence-corrected chi connectivity index (χ4v) is 1.99. The van der Waals surface area contributed by atoms with Crippen molar-refractivity contribution in [2.24, 2.45) is 0 Å². The summed E-state index contributed by atoms with van der Waals surface area (Å²) in [6.07, 6.45) is 1.22.